The van der Waals surface area contributed by atoms with Crippen LogP contribution in [0, 0.1) is 24.6 Å². The van der Waals surface area contributed by atoms with Crippen molar-refractivity contribution in [1.29, 1.82) is 0 Å². The van der Waals surface area contributed by atoms with Crippen molar-refractivity contribution >= 4 is 5.91 Å². The first kappa shape index (κ1) is 27.8. The van der Waals surface area contributed by atoms with Crippen molar-refractivity contribution in [2.45, 2.75) is 39.4 Å². The van der Waals surface area contributed by atoms with Crippen molar-refractivity contribution in [1.82, 2.24) is 9.80 Å². The highest BCUT2D eigenvalue weighted by molar-refractivity contribution is 5.94. The van der Waals surface area contributed by atoms with Gasteiger partial charge in [-0.05, 0) is 60.2 Å². The lowest BCUT2D eigenvalue weighted by Crippen LogP contribution is -2.39. The summed E-state index contributed by atoms with van der Waals surface area (Å²) in [6.45, 7) is 8.91. The third kappa shape index (κ3) is 7.01. The molecule has 202 valence electrons. The Balaban J connectivity index is 1.63. The predicted molar refractivity (Wildman–Crippen MR) is 141 cm³/mol. The molecular weight excluding hydrogens is 492 g/mol. The number of alkyl halides is 3. The van der Waals surface area contributed by atoms with E-state index in [-0.39, 0.29) is 23.7 Å². The first-order valence-corrected chi connectivity index (χ1v) is 13.0. The third-order valence-electron chi connectivity index (χ3n) is 7.10. The molecule has 0 aliphatic carbocycles. The maximum absolute atomic E-state index is 13.5. The fraction of sp³-hybridized carbons (Fsp3) is 0.387. The molecule has 3 nitrogen and oxygen atoms in total. The van der Waals surface area contributed by atoms with E-state index in [4.69, 9.17) is 0 Å². The van der Waals surface area contributed by atoms with Crippen LogP contribution < -0.4 is 0 Å². The number of nitrogens with zero attached hydrogens (tertiary/aromatic N) is 2. The van der Waals surface area contributed by atoms with E-state index in [0.29, 0.717) is 43.9 Å². The number of carbonyl (C=O) groups excluding carboxylic acids is 1. The molecule has 7 heteroatoms. The molecule has 1 fully saturated rings. The van der Waals surface area contributed by atoms with Gasteiger partial charge in [-0.25, -0.2) is 4.39 Å². The number of carbonyl (C=O) groups is 1. The molecule has 1 aliphatic rings. The van der Waals surface area contributed by atoms with Gasteiger partial charge in [-0.3, -0.25) is 9.69 Å². The Hall–Kier alpha value is -3.19. The Morgan fingerprint density at radius 1 is 1.00 bits per heavy atom. The topological polar surface area (TPSA) is 23.6 Å². The third-order valence-corrected chi connectivity index (χ3v) is 7.10. The van der Waals surface area contributed by atoms with Crippen molar-refractivity contribution in [2.24, 2.45) is 11.8 Å². The zero-order chi connectivity index (χ0) is 27.4. The molecule has 0 spiro atoms. The summed E-state index contributed by atoms with van der Waals surface area (Å²) in [5, 5.41) is 0. The van der Waals surface area contributed by atoms with Gasteiger partial charge in [0.25, 0.3) is 5.91 Å². The van der Waals surface area contributed by atoms with Crippen LogP contribution in [0.5, 0.6) is 0 Å². The lowest BCUT2D eigenvalue weighted by Gasteiger charge is -2.30. The van der Waals surface area contributed by atoms with E-state index in [9.17, 15) is 22.4 Å². The number of aryl methyl sites for hydroxylation is 1. The maximum Gasteiger partial charge on any atom is 0.416 e. The van der Waals surface area contributed by atoms with Crippen molar-refractivity contribution in [3.8, 4) is 0 Å². The number of amides is 1. The highest BCUT2D eigenvalue weighted by Crippen LogP contribution is 2.37. The molecule has 38 heavy (non-hydrogen) atoms. The van der Waals surface area contributed by atoms with Crippen molar-refractivity contribution in [2.75, 3.05) is 26.2 Å². The molecule has 0 unspecified atom stereocenters. The highest BCUT2D eigenvalue weighted by Gasteiger charge is 2.38. The normalized spacial score (nSPS) is 18.2. The Morgan fingerprint density at radius 3 is 2.32 bits per heavy atom. The van der Waals surface area contributed by atoms with Gasteiger partial charge in [0.2, 0.25) is 0 Å². The second kappa shape index (κ2) is 11.7. The Bertz CT molecular complexity index is 1220. The molecule has 0 N–H and O–H groups in total. The van der Waals surface area contributed by atoms with E-state index in [2.05, 4.69) is 29.2 Å². The van der Waals surface area contributed by atoms with Gasteiger partial charge in [-0.15, -0.1) is 0 Å². The zero-order valence-corrected chi connectivity index (χ0v) is 22.0. The molecule has 1 heterocycles. The van der Waals surface area contributed by atoms with E-state index >= 15 is 0 Å². The molecule has 3 aromatic rings. The molecule has 0 bridgehead atoms. The van der Waals surface area contributed by atoms with Crippen LogP contribution in [0.4, 0.5) is 17.6 Å². The molecule has 0 saturated carbocycles. The molecule has 1 saturated heterocycles. The van der Waals surface area contributed by atoms with Gasteiger partial charge in [-0.1, -0.05) is 61.9 Å². The molecule has 2 atom stereocenters. The first-order valence-electron chi connectivity index (χ1n) is 13.0. The van der Waals surface area contributed by atoms with Gasteiger partial charge in [0.05, 0.1) is 5.56 Å². The number of likely N-dealkylation sites (tertiary alicyclic amines) is 1. The maximum atomic E-state index is 13.5. The van der Waals surface area contributed by atoms with Gasteiger partial charge in [0, 0.05) is 44.2 Å². The van der Waals surface area contributed by atoms with E-state index in [1.807, 2.05) is 20.8 Å². The zero-order valence-electron chi connectivity index (χ0n) is 22.0. The summed E-state index contributed by atoms with van der Waals surface area (Å²) in [6.07, 6.45) is -4.42. The highest BCUT2D eigenvalue weighted by atomic mass is 19.4. The minimum atomic E-state index is -4.42. The fourth-order valence-corrected chi connectivity index (χ4v) is 5.29. The van der Waals surface area contributed by atoms with E-state index < -0.39 is 17.6 Å². The monoisotopic (exact) mass is 526 g/mol. The van der Waals surface area contributed by atoms with Crippen LogP contribution in [0.2, 0.25) is 0 Å². The summed E-state index contributed by atoms with van der Waals surface area (Å²) in [6, 6.07) is 19.3. The minimum absolute atomic E-state index is 0.0629. The van der Waals surface area contributed by atoms with Gasteiger partial charge < -0.3 is 4.90 Å². The molecule has 1 amide bonds. The fourth-order valence-electron chi connectivity index (χ4n) is 5.29. The average Bonchev–Trinajstić information content (AvgIpc) is 3.26. The van der Waals surface area contributed by atoms with Gasteiger partial charge in [0.1, 0.15) is 5.82 Å². The summed E-state index contributed by atoms with van der Waals surface area (Å²) in [5.41, 5.74) is 2.68. The van der Waals surface area contributed by atoms with Crippen LogP contribution in [0.3, 0.4) is 0 Å². The Kier molecular flexibility index (Phi) is 8.56. The SMILES string of the molecule is Cc1ccc(CN2C[C@H](CN(CC(C)C)C(=O)c3ccc(F)cc3)[C@H](c3cccc(C(F)(F)F)c3)C2)cc1. The number of hydrogen-bond acceptors (Lipinski definition) is 2. The molecule has 3 aromatic carbocycles. The molecular formula is C31H34F4N2O. The van der Waals surface area contributed by atoms with Crippen LogP contribution >= 0.6 is 0 Å². The summed E-state index contributed by atoms with van der Waals surface area (Å²) < 4.78 is 54.1. The van der Waals surface area contributed by atoms with E-state index in [0.717, 1.165) is 11.6 Å². The lowest BCUT2D eigenvalue weighted by atomic mass is 9.87. The van der Waals surface area contributed by atoms with Gasteiger partial charge in [-0.2, -0.15) is 13.2 Å². The summed E-state index contributed by atoms with van der Waals surface area (Å²) in [5.74, 6) is -0.649. The lowest BCUT2D eigenvalue weighted by molar-refractivity contribution is -0.137. The van der Waals surface area contributed by atoms with Crippen molar-refractivity contribution < 1.29 is 22.4 Å². The molecule has 0 aromatic heterocycles. The Labute approximate surface area is 222 Å². The quantitative estimate of drug-likeness (QED) is 0.291. The standard InChI is InChI=1S/C31H34F4N2O/c1-21(2)16-37(30(38)24-11-13-28(32)14-12-24)19-26-18-36(17-23-9-7-22(3)8-10-23)20-29(26)25-5-4-6-27(15-25)31(33,34)35/h4-15,21,26,29H,16-20H2,1-3H3/t26-,29+/m1/s1. The Morgan fingerprint density at radius 2 is 1.68 bits per heavy atom. The summed E-state index contributed by atoms with van der Waals surface area (Å²) in [4.78, 5) is 17.5. The van der Waals surface area contributed by atoms with Gasteiger partial charge in [0.15, 0.2) is 0 Å². The minimum Gasteiger partial charge on any atom is -0.338 e. The summed E-state index contributed by atoms with van der Waals surface area (Å²) >= 11 is 0. The van der Waals surface area contributed by atoms with Crippen LogP contribution in [-0.4, -0.2) is 41.9 Å². The van der Waals surface area contributed by atoms with Gasteiger partial charge >= 0.3 is 6.18 Å². The first-order chi connectivity index (χ1) is 18.0. The van der Waals surface area contributed by atoms with E-state index in [1.54, 1.807) is 11.0 Å². The number of halogens is 4. The number of hydrogen-bond donors (Lipinski definition) is 0. The second-order valence-corrected chi connectivity index (χ2v) is 10.8. The predicted octanol–water partition coefficient (Wildman–Crippen LogP) is 7.17. The summed E-state index contributed by atoms with van der Waals surface area (Å²) in [7, 11) is 0. The molecule has 1 aliphatic heterocycles. The largest absolute Gasteiger partial charge is 0.416 e. The van der Waals surface area contributed by atoms with Crippen LogP contribution in [-0.2, 0) is 12.7 Å². The molecule has 4 rings (SSSR count). The molecule has 0 radical (unpaired) electrons. The number of benzene rings is 3. The van der Waals surface area contributed by atoms with Crippen LogP contribution in [0.25, 0.3) is 0 Å². The second-order valence-electron chi connectivity index (χ2n) is 10.8. The van der Waals surface area contributed by atoms with E-state index in [1.165, 1.54) is 42.0 Å². The van der Waals surface area contributed by atoms with Crippen molar-refractivity contribution in [3.63, 3.8) is 0 Å². The number of rotatable bonds is 8. The smallest absolute Gasteiger partial charge is 0.338 e. The average molecular weight is 527 g/mol. The van der Waals surface area contributed by atoms with Crippen LogP contribution in [0.15, 0.2) is 72.8 Å². The van der Waals surface area contributed by atoms with Crippen LogP contribution in [0.1, 0.15) is 52.4 Å². The van der Waals surface area contributed by atoms with Crippen molar-refractivity contribution in [3.05, 3.63) is 106 Å².